The summed E-state index contributed by atoms with van der Waals surface area (Å²) in [6.07, 6.45) is 5.75. The largest absolute Gasteiger partial charge is 0.444 e. The zero-order valence-corrected chi connectivity index (χ0v) is 28.1. The van der Waals surface area contributed by atoms with E-state index in [1.54, 1.807) is 30.5 Å². The van der Waals surface area contributed by atoms with Crippen LogP contribution in [0.15, 0.2) is 71.9 Å². The molecule has 0 aliphatic heterocycles. The first-order valence-electron chi connectivity index (χ1n) is 14.8. The number of benzene rings is 2. The fraction of sp³-hybridized carbons (Fsp3) is 0.312. The van der Waals surface area contributed by atoms with Crippen molar-refractivity contribution in [2.24, 2.45) is 0 Å². The molecule has 0 unspecified atom stereocenters. The Morgan fingerprint density at radius 1 is 0.936 bits per heavy atom. The van der Waals surface area contributed by atoms with Crippen LogP contribution in [0.4, 0.5) is 20.8 Å². The topological polar surface area (TPSA) is 144 Å². The van der Waals surface area contributed by atoms with Crippen molar-refractivity contribution in [2.75, 3.05) is 10.0 Å². The third-order valence-electron chi connectivity index (χ3n) is 7.06. The molecule has 1 fully saturated rings. The van der Waals surface area contributed by atoms with E-state index < -0.39 is 27.5 Å². The van der Waals surface area contributed by atoms with Crippen LogP contribution in [0.25, 0.3) is 11.3 Å². The van der Waals surface area contributed by atoms with Gasteiger partial charge < -0.3 is 20.1 Å². The summed E-state index contributed by atoms with van der Waals surface area (Å²) < 4.78 is 54.5. The Morgan fingerprint density at radius 2 is 1.66 bits per heavy atom. The van der Waals surface area contributed by atoms with Crippen molar-refractivity contribution in [3.8, 4) is 22.9 Å². The van der Waals surface area contributed by atoms with Crippen LogP contribution in [0.1, 0.15) is 46.5 Å². The van der Waals surface area contributed by atoms with Crippen LogP contribution >= 0.6 is 23.2 Å². The Kier molecular flexibility index (Phi) is 10.4. The fourth-order valence-electron chi connectivity index (χ4n) is 4.97. The first-order chi connectivity index (χ1) is 22.3. The lowest BCUT2D eigenvalue weighted by atomic mass is 9.91. The predicted octanol–water partition coefficient (Wildman–Crippen LogP) is 7.83. The van der Waals surface area contributed by atoms with E-state index in [1.165, 1.54) is 30.5 Å². The van der Waals surface area contributed by atoms with Gasteiger partial charge in [0.25, 0.3) is 10.0 Å². The van der Waals surface area contributed by atoms with Gasteiger partial charge in [0.2, 0.25) is 11.8 Å². The molecule has 15 heteroatoms. The van der Waals surface area contributed by atoms with E-state index in [0.29, 0.717) is 17.2 Å². The molecule has 248 valence electrons. The van der Waals surface area contributed by atoms with Gasteiger partial charge in [-0.1, -0.05) is 35.3 Å². The molecule has 0 atom stereocenters. The normalized spacial score (nSPS) is 16.6. The van der Waals surface area contributed by atoms with Gasteiger partial charge >= 0.3 is 6.09 Å². The minimum absolute atomic E-state index is 0.0113. The number of alkyl carbamates (subject to hydrolysis) is 1. The third-order valence-corrected chi connectivity index (χ3v) is 9.22. The average Bonchev–Trinajstić information content (AvgIpc) is 2.99. The molecule has 47 heavy (non-hydrogen) atoms. The zero-order chi connectivity index (χ0) is 33.8. The Bertz CT molecular complexity index is 1840. The number of nitrogens with zero attached hydrogens (tertiary/aromatic N) is 3. The molecule has 4 aromatic rings. The molecule has 0 saturated heterocycles. The number of hydrogen-bond acceptors (Lipinski definition) is 9. The van der Waals surface area contributed by atoms with Crippen LogP contribution in [-0.2, 0) is 14.8 Å². The maximum absolute atomic E-state index is 15.3. The molecule has 2 aromatic carbocycles. The van der Waals surface area contributed by atoms with Gasteiger partial charge in [0.1, 0.15) is 10.5 Å². The molecule has 1 amide bonds. The Morgan fingerprint density at radius 3 is 2.36 bits per heavy atom. The van der Waals surface area contributed by atoms with Gasteiger partial charge in [-0.2, -0.15) is 0 Å². The molecule has 0 spiro atoms. The number of nitrogens with one attached hydrogen (secondary N) is 3. The third kappa shape index (κ3) is 8.99. The number of hydrogen-bond donors (Lipinski definition) is 3. The minimum atomic E-state index is -4.12. The number of aromatic nitrogens is 3. The van der Waals surface area contributed by atoms with Gasteiger partial charge in [0.15, 0.2) is 11.6 Å². The molecule has 3 N–H and O–H groups in total. The van der Waals surface area contributed by atoms with Gasteiger partial charge in [-0.05, 0) is 82.9 Å². The molecular weight excluding hydrogens is 670 g/mol. The van der Waals surface area contributed by atoms with Crippen LogP contribution in [-0.4, -0.2) is 47.1 Å². The Balaban J connectivity index is 1.27. The molecule has 0 bridgehead atoms. The summed E-state index contributed by atoms with van der Waals surface area (Å²) in [7, 11) is -4.12. The summed E-state index contributed by atoms with van der Waals surface area (Å²) in [5, 5.41) is 6.11. The molecule has 2 aromatic heterocycles. The Hall–Kier alpha value is -4.20. The van der Waals surface area contributed by atoms with Crippen molar-refractivity contribution >= 4 is 51.0 Å². The van der Waals surface area contributed by atoms with Crippen molar-refractivity contribution in [3.63, 3.8) is 0 Å². The lowest BCUT2D eigenvalue weighted by Gasteiger charge is -2.30. The highest BCUT2D eigenvalue weighted by Gasteiger charge is 2.26. The molecular formula is C32H33Cl2FN6O5S. The second kappa shape index (κ2) is 14.3. The van der Waals surface area contributed by atoms with E-state index in [1.807, 2.05) is 20.8 Å². The van der Waals surface area contributed by atoms with Gasteiger partial charge in [0, 0.05) is 30.5 Å². The minimum Gasteiger partial charge on any atom is -0.444 e. The highest BCUT2D eigenvalue weighted by Crippen LogP contribution is 2.38. The van der Waals surface area contributed by atoms with Crippen molar-refractivity contribution in [1.29, 1.82) is 0 Å². The van der Waals surface area contributed by atoms with Gasteiger partial charge in [-0.25, -0.2) is 32.6 Å². The van der Waals surface area contributed by atoms with Gasteiger partial charge in [-0.3, -0.25) is 4.72 Å². The average molecular weight is 704 g/mol. The highest BCUT2D eigenvalue weighted by atomic mass is 35.5. The van der Waals surface area contributed by atoms with Crippen LogP contribution in [0, 0.1) is 5.82 Å². The van der Waals surface area contributed by atoms with Crippen molar-refractivity contribution in [3.05, 3.63) is 82.9 Å². The molecule has 1 saturated carbocycles. The van der Waals surface area contributed by atoms with E-state index >= 15 is 4.39 Å². The molecule has 0 radical (unpaired) electrons. The first-order valence-corrected chi connectivity index (χ1v) is 17.0. The number of rotatable bonds is 9. The van der Waals surface area contributed by atoms with Gasteiger partial charge in [-0.15, -0.1) is 0 Å². The summed E-state index contributed by atoms with van der Waals surface area (Å²) in [6.45, 7) is 5.48. The summed E-state index contributed by atoms with van der Waals surface area (Å²) in [5.41, 5.74) is 0.229. The first kappa shape index (κ1) is 34.1. The fourth-order valence-corrected chi connectivity index (χ4v) is 6.78. The quantitative estimate of drug-likeness (QED) is 0.159. The van der Waals surface area contributed by atoms with Gasteiger partial charge in [0.05, 0.1) is 27.0 Å². The van der Waals surface area contributed by atoms with Crippen molar-refractivity contribution < 1.29 is 27.1 Å². The van der Waals surface area contributed by atoms with Crippen LogP contribution < -0.4 is 20.1 Å². The van der Waals surface area contributed by atoms with Crippen molar-refractivity contribution in [2.45, 2.75) is 69.0 Å². The highest BCUT2D eigenvalue weighted by molar-refractivity contribution is 7.92. The second-order valence-corrected chi connectivity index (χ2v) is 14.3. The number of amides is 1. The number of pyridine rings is 1. The maximum atomic E-state index is 15.3. The summed E-state index contributed by atoms with van der Waals surface area (Å²) in [5.74, 6) is -0.861. The SMILES string of the molecule is CC(C)(C)OC(=O)NC1CCC(Nc2nccc(-c3cccnc3Oc3c(F)cc(NS(=O)(=O)c4ccccc4Cl)cc3Cl)n2)CC1. The van der Waals surface area contributed by atoms with Crippen LogP contribution in [0.2, 0.25) is 10.0 Å². The Labute approximate surface area is 282 Å². The van der Waals surface area contributed by atoms with Crippen LogP contribution in [0.5, 0.6) is 11.6 Å². The molecule has 5 rings (SSSR count). The van der Waals surface area contributed by atoms with E-state index in [-0.39, 0.29) is 44.3 Å². The van der Waals surface area contributed by atoms with Crippen LogP contribution in [0.3, 0.4) is 0 Å². The standard InChI is InChI=1S/C32H33Cl2FN6O5S/c1-32(2,3)46-31(42)39-20-12-10-19(11-13-20)38-30-37-16-14-26(40-30)22-7-6-15-36-29(22)45-28-24(34)17-21(18-25(28)35)41-47(43,44)27-9-5-4-8-23(27)33/h4-9,14-20,41H,10-13H2,1-3H3,(H,39,42)(H,37,38,40). The zero-order valence-electron chi connectivity index (χ0n) is 25.8. The number of sulfonamides is 1. The number of carbonyl (C=O) groups is 1. The molecule has 1 aliphatic rings. The smallest absolute Gasteiger partial charge is 0.407 e. The number of anilines is 2. The summed E-state index contributed by atoms with van der Waals surface area (Å²) in [6, 6.07) is 13.2. The molecule has 1 aliphatic carbocycles. The lowest BCUT2D eigenvalue weighted by Crippen LogP contribution is -2.42. The summed E-state index contributed by atoms with van der Waals surface area (Å²) in [4.78, 5) is 25.2. The van der Waals surface area contributed by atoms with E-state index in [0.717, 1.165) is 31.7 Å². The van der Waals surface area contributed by atoms with E-state index in [2.05, 4.69) is 30.3 Å². The monoisotopic (exact) mass is 702 g/mol. The molecule has 2 heterocycles. The maximum Gasteiger partial charge on any atom is 0.407 e. The van der Waals surface area contributed by atoms with E-state index in [9.17, 15) is 13.2 Å². The number of halogens is 3. The molecule has 11 nitrogen and oxygen atoms in total. The van der Waals surface area contributed by atoms with E-state index in [4.69, 9.17) is 32.7 Å². The lowest BCUT2D eigenvalue weighted by molar-refractivity contribution is 0.0492. The second-order valence-electron chi connectivity index (χ2n) is 11.9. The number of ether oxygens (including phenoxy) is 2. The predicted molar refractivity (Wildman–Crippen MR) is 178 cm³/mol. The number of carbonyl (C=O) groups excluding carboxylic acids is 1. The summed E-state index contributed by atoms with van der Waals surface area (Å²) >= 11 is 12.4. The van der Waals surface area contributed by atoms with Crippen molar-refractivity contribution in [1.82, 2.24) is 20.3 Å².